The quantitative estimate of drug-likeness (QED) is 0.558. The molecule has 0 bridgehead atoms. The molecule has 0 unspecified atom stereocenters. The minimum atomic E-state index is -0.147. The van der Waals surface area contributed by atoms with E-state index in [0.29, 0.717) is 16.1 Å². The number of ketones is 1. The van der Waals surface area contributed by atoms with Gasteiger partial charge in [-0.05, 0) is 61.6 Å². The van der Waals surface area contributed by atoms with Crippen LogP contribution in [0, 0.1) is 0 Å². The van der Waals surface area contributed by atoms with Crippen LogP contribution in [0.15, 0.2) is 54.6 Å². The van der Waals surface area contributed by atoms with E-state index in [1.165, 1.54) is 29.2 Å². The Bertz CT molecular complexity index is 991. The second-order valence-electron chi connectivity index (χ2n) is 7.23. The van der Waals surface area contributed by atoms with Crippen molar-refractivity contribution in [1.82, 2.24) is 4.90 Å². The van der Waals surface area contributed by atoms with Crippen molar-refractivity contribution in [2.75, 3.05) is 49.2 Å². The second-order valence-corrected chi connectivity index (χ2v) is 8.29. The largest absolute Gasteiger partial charge is 0.508 e. The number of phenolic OH excluding ortho intramolecular Hbond substituents is 1. The van der Waals surface area contributed by atoms with Crippen molar-refractivity contribution >= 4 is 39.2 Å². The fourth-order valence-corrected chi connectivity index (χ4v) is 4.31. The third kappa shape index (κ3) is 4.36. The van der Waals surface area contributed by atoms with Crippen molar-refractivity contribution in [3.05, 3.63) is 65.0 Å². The molecule has 0 spiro atoms. The number of nitrogens with zero attached hydrogens (tertiary/aromatic N) is 2. The van der Waals surface area contributed by atoms with Crippen molar-refractivity contribution in [1.29, 1.82) is 0 Å². The maximum absolute atomic E-state index is 12.7. The molecule has 150 valence electrons. The molecule has 29 heavy (non-hydrogen) atoms. The van der Waals surface area contributed by atoms with E-state index in [1.807, 2.05) is 12.1 Å². The van der Waals surface area contributed by atoms with E-state index in [4.69, 9.17) is 5.73 Å². The summed E-state index contributed by atoms with van der Waals surface area (Å²) in [5.74, 6) is -0.0194. The lowest BCUT2D eigenvalue weighted by atomic mass is 10.1. The number of likely N-dealkylation sites (N-methyl/N-ethyl adjacent to an activating group) is 1. The van der Waals surface area contributed by atoms with Gasteiger partial charge in [0.1, 0.15) is 10.6 Å². The lowest BCUT2D eigenvalue weighted by molar-refractivity contribution is 0.104. The molecule has 0 saturated carbocycles. The third-order valence-corrected chi connectivity index (χ3v) is 6.16. The minimum absolute atomic E-state index is 0.128. The number of carbonyl (C=O) groups excluding carboxylic acids is 1. The van der Waals surface area contributed by atoms with E-state index in [1.54, 1.807) is 18.2 Å². The molecule has 2 aromatic carbocycles. The molecule has 2 heterocycles. The first kappa shape index (κ1) is 19.3. The van der Waals surface area contributed by atoms with Crippen LogP contribution in [0.5, 0.6) is 5.75 Å². The zero-order valence-electron chi connectivity index (χ0n) is 16.3. The Labute approximate surface area is 174 Å². The summed E-state index contributed by atoms with van der Waals surface area (Å²) in [6.07, 6.45) is 0. The highest BCUT2D eigenvalue weighted by atomic mass is 32.1. The molecule has 0 amide bonds. The maximum atomic E-state index is 12.7. The molecule has 3 aromatic rings. The van der Waals surface area contributed by atoms with Crippen LogP contribution in [-0.2, 0) is 0 Å². The number of phenols is 1. The predicted molar refractivity (Wildman–Crippen MR) is 120 cm³/mol. The summed E-state index contributed by atoms with van der Waals surface area (Å²) in [7, 11) is 2.15. The van der Waals surface area contributed by atoms with Crippen molar-refractivity contribution in [3.8, 4) is 5.75 Å². The average molecular weight is 409 g/mol. The first-order valence-electron chi connectivity index (χ1n) is 9.53. The second kappa shape index (κ2) is 8.14. The molecule has 1 fully saturated rings. The molecule has 6 nitrogen and oxygen atoms in total. The molecule has 1 saturated heterocycles. The van der Waals surface area contributed by atoms with Crippen molar-refractivity contribution in [2.24, 2.45) is 0 Å². The molecule has 4 N–H and O–H groups in total. The van der Waals surface area contributed by atoms with Gasteiger partial charge in [-0.2, -0.15) is 0 Å². The highest BCUT2D eigenvalue weighted by molar-refractivity contribution is 7.18. The predicted octanol–water partition coefficient (Wildman–Crippen LogP) is 3.76. The maximum Gasteiger partial charge on any atom is 0.205 e. The Morgan fingerprint density at radius 2 is 1.69 bits per heavy atom. The van der Waals surface area contributed by atoms with Crippen LogP contribution in [0.4, 0.5) is 22.1 Å². The van der Waals surface area contributed by atoms with Crippen LogP contribution in [0.2, 0.25) is 0 Å². The summed E-state index contributed by atoms with van der Waals surface area (Å²) >= 11 is 1.33. The Kier molecular flexibility index (Phi) is 5.42. The molecule has 1 aromatic heterocycles. The zero-order valence-corrected chi connectivity index (χ0v) is 17.1. The monoisotopic (exact) mass is 408 g/mol. The van der Waals surface area contributed by atoms with Gasteiger partial charge < -0.3 is 26.0 Å². The molecule has 0 radical (unpaired) electrons. The fourth-order valence-electron chi connectivity index (χ4n) is 3.35. The smallest absolute Gasteiger partial charge is 0.205 e. The Hall–Kier alpha value is -3.03. The van der Waals surface area contributed by atoms with Gasteiger partial charge in [0.05, 0.1) is 10.7 Å². The first-order chi connectivity index (χ1) is 14.0. The topological polar surface area (TPSA) is 81.8 Å². The Morgan fingerprint density at radius 1 is 1.03 bits per heavy atom. The number of piperazine rings is 1. The summed E-state index contributed by atoms with van der Waals surface area (Å²) in [6.45, 7) is 4.22. The van der Waals surface area contributed by atoms with Crippen molar-refractivity contribution < 1.29 is 9.90 Å². The van der Waals surface area contributed by atoms with E-state index in [2.05, 4.69) is 34.3 Å². The molecular formula is C22H24N4O2S. The number of nitrogens with one attached hydrogen (secondary N) is 1. The van der Waals surface area contributed by atoms with Crippen molar-refractivity contribution in [3.63, 3.8) is 0 Å². The normalized spacial score (nSPS) is 14.7. The van der Waals surface area contributed by atoms with E-state index in [0.717, 1.165) is 36.9 Å². The summed E-state index contributed by atoms with van der Waals surface area (Å²) in [4.78, 5) is 17.9. The first-order valence-corrected chi connectivity index (χ1v) is 10.3. The summed E-state index contributed by atoms with van der Waals surface area (Å²) < 4.78 is 0. The minimum Gasteiger partial charge on any atom is -0.508 e. The van der Waals surface area contributed by atoms with Gasteiger partial charge >= 0.3 is 0 Å². The number of carbonyl (C=O) groups is 1. The van der Waals surface area contributed by atoms with Crippen LogP contribution in [0.1, 0.15) is 15.2 Å². The number of nitrogens with two attached hydrogens (primary N) is 1. The van der Waals surface area contributed by atoms with Gasteiger partial charge in [-0.15, -0.1) is 11.3 Å². The number of nitrogen functional groups attached to an aromatic ring is 1. The summed E-state index contributed by atoms with van der Waals surface area (Å²) in [6, 6.07) is 16.3. The molecule has 0 atom stereocenters. The average Bonchev–Trinajstić information content (AvgIpc) is 3.09. The van der Waals surface area contributed by atoms with Gasteiger partial charge in [0.25, 0.3) is 0 Å². The lowest BCUT2D eigenvalue weighted by Crippen LogP contribution is -2.44. The molecule has 1 aliphatic rings. The van der Waals surface area contributed by atoms with Crippen molar-refractivity contribution in [2.45, 2.75) is 0 Å². The number of anilines is 4. The molecule has 4 rings (SSSR count). The van der Waals surface area contributed by atoms with E-state index < -0.39 is 0 Å². The highest BCUT2D eigenvalue weighted by Gasteiger charge is 2.17. The lowest BCUT2D eigenvalue weighted by Gasteiger charge is -2.34. The molecule has 0 aliphatic carbocycles. The Balaban J connectivity index is 1.45. The molecular weight excluding hydrogens is 384 g/mol. The van der Waals surface area contributed by atoms with Gasteiger partial charge in [0.15, 0.2) is 0 Å². The SMILES string of the molecule is CN1CCN(c2ccc(Nc3cc(N)c(C(=O)c4ccc(O)cc4)s3)cc2)CC1. The van der Waals surface area contributed by atoms with Gasteiger partial charge in [0, 0.05) is 43.1 Å². The number of hydrogen-bond donors (Lipinski definition) is 3. The van der Waals surface area contributed by atoms with Crippen LogP contribution < -0.4 is 16.0 Å². The van der Waals surface area contributed by atoms with E-state index in [-0.39, 0.29) is 11.5 Å². The van der Waals surface area contributed by atoms with Crippen LogP contribution >= 0.6 is 11.3 Å². The standard InChI is InChI=1S/C22H24N4O2S/c1-25-10-12-26(13-11-25)17-6-4-16(5-7-17)24-20-14-19(23)22(29-20)21(28)15-2-8-18(27)9-3-15/h2-9,14,24,27H,10-13,23H2,1H3. The van der Waals surface area contributed by atoms with Gasteiger partial charge in [-0.1, -0.05) is 0 Å². The number of rotatable bonds is 5. The summed E-state index contributed by atoms with van der Waals surface area (Å²) in [5.41, 5.74) is 9.21. The Morgan fingerprint density at radius 3 is 2.34 bits per heavy atom. The molecule has 1 aliphatic heterocycles. The van der Waals surface area contributed by atoms with Crippen LogP contribution in [-0.4, -0.2) is 49.0 Å². The zero-order chi connectivity index (χ0) is 20.4. The third-order valence-electron chi connectivity index (χ3n) is 5.10. The van der Waals surface area contributed by atoms with E-state index >= 15 is 0 Å². The number of aromatic hydroxyl groups is 1. The van der Waals surface area contributed by atoms with Gasteiger partial charge in [0.2, 0.25) is 5.78 Å². The number of benzene rings is 2. The van der Waals surface area contributed by atoms with Crippen LogP contribution in [0.25, 0.3) is 0 Å². The number of hydrogen-bond acceptors (Lipinski definition) is 7. The van der Waals surface area contributed by atoms with E-state index in [9.17, 15) is 9.90 Å². The highest BCUT2D eigenvalue weighted by Crippen LogP contribution is 2.33. The van der Waals surface area contributed by atoms with Gasteiger partial charge in [-0.25, -0.2) is 0 Å². The fraction of sp³-hybridized carbons (Fsp3) is 0.227. The summed E-state index contributed by atoms with van der Waals surface area (Å²) in [5, 5.41) is 13.6. The molecule has 7 heteroatoms. The van der Waals surface area contributed by atoms with Gasteiger partial charge in [-0.3, -0.25) is 4.79 Å². The van der Waals surface area contributed by atoms with Crippen LogP contribution in [0.3, 0.4) is 0 Å². The number of thiophene rings is 1.